The second-order valence-electron chi connectivity index (χ2n) is 5.10. The Morgan fingerprint density at radius 2 is 2.00 bits per heavy atom. The number of hydrogen-bond donors (Lipinski definition) is 1. The molecule has 0 radical (unpaired) electrons. The van der Waals surface area contributed by atoms with Gasteiger partial charge >= 0.3 is 0 Å². The smallest absolute Gasteiger partial charge is 0.194 e. The van der Waals surface area contributed by atoms with Gasteiger partial charge in [-0.15, -0.1) is 10.2 Å². The van der Waals surface area contributed by atoms with E-state index in [1.165, 1.54) is 0 Å². The highest BCUT2D eigenvalue weighted by atomic mass is 32.2. The molecule has 1 aliphatic heterocycles. The third-order valence-corrected chi connectivity index (χ3v) is 4.69. The van der Waals surface area contributed by atoms with E-state index < -0.39 is 0 Å². The van der Waals surface area contributed by atoms with Crippen molar-refractivity contribution in [2.45, 2.75) is 18.7 Å². The Morgan fingerprint density at radius 3 is 2.73 bits per heavy atom. The fraction of sp³-hybridized carbons (Fsp3) is 0.200. The van der Waals surface area contributed by atoms with Gasteiger partial charge in [0.1, 0.15) is 11.5 Å². The van der Waals surface area contributed by atoms with E-state index in [9.17, 15) is 5.11 Å². The zero-order chi connectivity index (χ0) is 15.1. The van der Waals surface area contributed by atoms with Crippen LogP contribution in [0, 0.1) is 6.92 Å². The number of nitrogens with zero attached hydrogens (tertiary/aromatic N) is 4. The highest BCUT2D eigenvalue weighted by Gasteiger charge is 2.24. The van der Waals surface area contributed by atoms with Gasteiger partial charge in [-0.05, 0) is 37.3 Å². The van der Waals surface area contributed by atoms with Crippen molar-refractivity contribution in [3.63, 3.8) is 0 Å². The molecule has 0 spiro atoms. The molecule has 3 heterocycles. The van der Waals surface area contributed by atoms with Crippen LogP contribution in [0.2, 0.25) is 0 Å². The van der Waals surface area contributed by atoms with Crippen molar-refractivity contribution in [3.05, 3.63) is 42.4 Å². The van der Waals surface area contributed by atoms with Crippen LogP contribution in [-0.2, 0) is 6.67 Å². The molecule has 0 saturated carbocycles. The Labute approximate surface area is 131 Å². The highest BCUT2D eigenvalue weighted by molar-refractivity contribution is 7.99. The molecule has 7 heteroatoms. The molecule has 0 amide bonds. The van der Waals surface area contributed by atoms with Gasteiger partial charge in [-0.25, -0.2) is 0 Å². The van der Waals surface area contributed by atoms with Crippen LogP contribution in [0.4, 0.5) is 5.69 Å². The van der Waals surface area contributed by atoms with E-state index >= 15 is 0 Å². The van der Waals surface area contributed by atoms with Gasteiger partial charge in [0.05, 0.1) is 24.4 Å². The third kappa shape index (κ3) is 2.14. The zero-order valence-corrected chi connectivity index (χ0v) is 12.7. The largest absolute Gasteiger partial charge is 0.508 e. The van der Waals surface area contributed by atoms with Crippen molar-refractivity contribution in [2.75, 3.05) is 10.8 Å². The van der Waals surface area contributed by atoms with Crippen LogP contribution in [0.5, 0.6) is 5.75 Å². The minimum absolute atomic E-state index is 0.271. The number of anilines is 1. The zero-order valence-electron chi connectivity index (χ0n) is 11.9. The number of fused-ring (bicyclic) bond motifs is 1. The molecule has 0 aliphatic carbocycles. The number of thioether (sulfide) groups is 1. The molecule has 3 aromatic rings. The molecule has 0 unspecified atom stereocenters. The van der Waals surface area contributed by atoms with E-state index in [2.05, 4.69) is 19.7 Å². The number of phenolic OH excluding ortho intramolecular Hbond substituents is 1. The Balaban J connectivity index is 1.69. The summed E-state index contributed by atoms with van der Waals surface area (Å²) in [7, 11) is 0. The van der Waals surface area contributed by atoms with Crippen LogP contribution in [0.3, 0.4) is 0 Å². The number of rotatable bonds is 2. The fourth-order valence-electron chi connectivity index (χ4n) is 2.51. The number of aromatic hydroxyl groups is 1. The van der Waals surface area contributed by atoms with Crippen LogP contribution >= 0.6 is 11.8 Å². The van der Waals surface area contributed by atoms with Crippen molar-refractivity contribution in [2.24, 2.45) is 0 Å². The van der Waals surface area contributed by atoms with Crippen LogP contribution < -0.4 is 4.90 Å². The van der Waals surface area contributed by atoms with Crippen molar-refractivity contribution in [3.8, 4) is 17.1 Å². The second-order valence-corrected chi connectivity index (χ2v) is 6.01. The van der Waals surface area contributed by atoms with Crippen molar-refractivity contribution in [1.82, 2.24) is 14.8 Å². The maximum Gasteiger partial charge on any atom is 0.194 e. The average molecular weight is 314 g/mol. The van der Waals surface area contributed by atoms with E-state index in [1.807, 2.05) is 25.1 Å². The highest BCUT2D eigenvalue weighted by Crippen LogP contribution is 2.33. The average Bonchev–Trinajstić information content (AvgIpc) is 3.13. The number of furan rings is 1. The van der Waals surface area contributed by atoms with Gasteiger partial charge in [0.15, 0.2) is 11.0 Å². The summed E-state index contributed by atoms with van der Waals surface area (Å²) in [5.74, 6) is 2.72. The summed E-state index contributed by atoms with van der Waals surface area (Å²) in [6.45, 7) is 2.59. The summed E-state index contributed by atoms with van der Waals surface area (Å²) in [6, 6.07) is 9.13. The molecule has 0 fully saturated rings. The van der Waals surface area contributed by atoms with E-state index in [0.717, 1.165) is 33.9 Å². The van der Waals surface area contributed by atoms with Crippen molar-refractivity contribution < 1.29 is 9.52 Å². The van der Waals surface area contributed by atoms with Gasteiger partial charge in [-0.2, -0.15) is 0 Å². The summed E-state index contributed by atoms with van der Waals surface area (Å²) < 4.78 is 7.46. The Hall–Kier alpha value is -2.41. The number of aromatic nitrogens is 3. The predicted octanol–water partition coefficient (Wildman–Crippen LogP) is 3.08. The van der Waals surface area contributed by atoms with E-state index in [1.54, 1.807) is 30.2 Å². The SMILES string of the molecule is Cc1occc1-c1nnc2n1CN(c1ccc(O)cc1)CS2. The standard InChI is InChI=1S/C15H14N4O2S/c1-10-13(6-7-21-10)14-16-17-15-19(14)8-18(9-22-15)11-2-4-12(20)5-3-11/h2-7,20H,8-9H2,1H3. The van der Waals surface area contributed by atoms with Crippen LogP contribution in [-0.4, -0.2) is 25.7 Å². The summed E-state index contributed by atoms with van der Waals surface area (Å²) >= 11 is 1.64. The quantitative estimate of drug-likeness (QED) is 0.784. The molecule has 112 valence electrons. The number of aryl methyl sites for hydroxylation is 1. The predicted molar refractivity (Wildman–Crippen MR) is 83.8 cm³/mol. The molecule has 1 N–H and O–H groups in total. The summed E-state index contributed by atoms with van der Waals surface area (Å²) in [5, 5.41) is 18.9. The lowest BCUT2D eigenvalue weighted by atomic mass is 10.2. The topological polar surface area (TPSA) is 67.3 Å². The number of benzene rings is 1. The van der Waals surface area contributed by atoms with E-state index in [4.69, 9.17) is 4.42 Å². The van der Waals surface area contributed by atoms with E-state index in [0.29, 0.717) is 6.67 Å². The number of phenols is 1. The molecule has 2 aromatic heterocycles. The molecule has 22 heavy (non-hydrogen) atoms. The maximum absolute atomic E-state index is 9.42. The van der Waals surface area contributed by atoms with Gasteiger partial charge < -0.3 is 14.4 Å². The molecule has 4 rings (SSSR count). The molecule has 0 bridgehead atoms. The minimum atomic E-state index is 0.271. The molecule has 1 aliphatic rings. The lowest BCUT2D eigenvalue weighted by Crippen LogP contribution is -2.30. The first kappa shape index (κ1) is 13.3. The molecular formula is C15H14N4O2S. The second kappa shape index (κ2) is 5.10. The van der Waals surface area contributed by atoms with Crippen LogP contribution in [0.15, 0.2) is 46.2 Å². The van der Waals surface area contributed by atoms with Crippen molar-refractivity contribution >= 4 is 17.4 Å². The van der Waals surface area contributed by atoms with Crippen LogP contribution in [0.1, 0.15) is 5.76 Å². The first-order chi connectivity index (χ1) is 10.7. The normalized spacial score (nSPS) is 14.1. The Kier molecular flexibility index (Phi) is 3.07. The summed E-state index contributed by atoms with van der Waals surface area (Å²) in [4.78, 5) is 2.21. The lowest BCUT2D eigenvalue weighted by Gasteiger charge is -2.29. The fourth-order valence-corrected chi connectivity index (χ4v) is 3.41. The summed E-state index contributed by atoms with van der Waals surface area (Å²) in [6.07, 6.45) is 1.67. The Bertz CT molecular complexity index is 809. The van der Waals surface area contributed by atoms with Gasteiger partial charge in [-0.3, -0.25) is 4.57 Å². The molecular weight excluding hydrogens is 300 g/mol. The van der Waals surface area contributed by atoms with Gasteiger partial charge in [0.25, 0.3) is 0 Å². The molecule has 0 saturated heterocycles. The maximum atomic E-state index is 9.42. The first-order valence-electron chi connectivity index (χ1n) is 6.87. The first-order valence-corrected chi connectivity index (χ1v) is 7.85. The van der Waals surface area contributed by atoms with E-state index in [-0.39, 0.29) is 5.75 Å². The molecule has 0 atom stereocenters. The van der Waals surface area contributed by atoms with Gasteiger partial charge in [-0.1, -0.05) is 11.8 Å². The van der Waals surface area contributed by atoms with Gasteiger partial charge in [0, 0.05) is 5.69 Å². The monoisotopic (exact) mass is 314 g/mol. The number of hydrogen-bond acceptors (Lipinski definition) is 6. The molecule has 6 nitrogen and oxygen atoms in total. The molecule has 1 aromatic carbocycles. The van der Waals surface area contributed by atoms with Crippen molar-refractivity contribution in [1.29, 1.82) is 0 Å². The minimum Gasteiger partial charge on any atom is -0.508 e. The summed E-state index contributed by atoms with van der Waals surface area (Å²) in [5.41, 5.74) is 2.02. The van der Waals surface area contributed by atoms with Crippen LogP contribution in [0.25, 0.3) is 11.4 Å². The lowest BCUT2D eigenvalue weighted by molar-refractivity contribution is 0.475. The third-order valence-electron chi connectivity index (χ3n) is 3.69. The van der Waals surface area contributed by atoms with Gasteiger partial charge in [0.2, 0.25) is 0 Å². The Morgan fingerprint density at radius 1 is 1.18 bits per heavy atom.